The van der Waals surface area contributed by atoms with E-state index in [0.717, 1.165) is 12.8 Å². The topological polar surface area (TPSA) is 26.3 Å². The molecule has 1 heterocycles. The lowest BCUT2D eigenvalue weighted by Crippen LogP contribution is -2.03. The van der Waals surface area contributed by atoms with E-state index in [9.17, 15) is 9.18 Å². The molecule has 0 spiro atoms. The molecule has 0 radical (unpaired) electrons. The van der Waals surface area contributed by atoms with Crippen molar-refractivity contribution >= 4 is 33.0 Å². The van der Waals surface area contributed by atoms with Crippen LogP contribution < -0.4 is 4.74 Å². The number of hydrogen-bond donors (Lipinski definition) is 0. The van der Waals surface area contributed by atoms with Crippen molar-refractivity contribution < 1.29 is 13.9 Å². The summed E-state index contributed by atoms with van der Waals surface area (Å²) in [5, 5.41) is 0. The Balaban J connectivity index is 2.03. The van der Waals surface area contributed by atoms with E-state index in [0.29, 0.717) is 10.4 Å². The second-order valence-electron chi connectivity index (χ2n) is 4.71. The summed E-state index contributed by atoms with van der Waals surface area (Å²) >= 11 is 4.66. The lowest BCUT2D eigenvalue weighted by atomic mass is 10.1. The fraction of sp³-hybridized carbons (Fsp3) is 0.267. The molecule has 5 heteroatoms. The number of thiophene rings is 1. The van der Waals surface area contributed by atoms with Gasteiger partial charge in [0.2, 0.25) is 5.78 Å². The Morgan fingerprint density at radius 1 is 1.35 bits per heavy atom. The van der Waals surface area contributed by atoms with Gasteiger partial charge in [0.25, 0.3) is 0 Å². The van der Waals surface area contributed by atoms with Crippen LogP contribution in [0.25, 0.3) is 0 Å². The number of halogens is 2. The average Bonchev–Trinajstić information content (AvgIpc) is 3.01. The quantitative estimate of drug-likeness (QED) is 0.764. The Hall–Kier alpha value is -1.20. The van der Waals surface area contributed by atoms with Crippen LogP contribution in [0.5, 0.6) is 5.75 Å². The van der Waals surface area contributed by atoms with Crippen molar-refractivity contribution in [1.29, 1.82) is 0 Å². The molecule has 1 aromatic carbocycles. The van der Waals surface area contributed by atoms with Gasteiger partial charge >= 0.3 is 0 Å². The fourth-order valence-electron chi connectivity index (χ4n) is 2.45. The van der Waals surface area contributed by atoms with Gasteiger partial charge in [-0.1, -0.05) is 0 Å². The molecule has 0 fully saturated rings. The summed E-state index contributed by atoms with van der Waals surface area (Å²) in [7, 11) is 1.44. The lowest BCUT2D eigenvalue weighted by Gasteiger charge is -2.08. The van der Waals surface area contributed by atoms with Crippen LogP contribution in [0.2, 0.25) is 0 Å². The van der Waals surface area contributed by atoms with Gasteiger partial charge in [-0.15, -0.1) is 11.3 Å². The predicted molar refractivity (Wildman–Crippen MR) is 80.4 cm³/mol. The van der Waals surface area contributed by atoms with E-state index >= 15 is 0 Å². The van der Waals surface area contributed by atoms with E-state index < -0.39 is 5.82 Å². The number of methoxy groups -OCH3 is 1. The maximum absolute atomic E-state index is 13.5. The highest BCUT2D eigenvalue weighted by atomic mass is 79.9. The van der Waals surface area contributed by atoms with Crippen molar-refractivity contribution in [2.75, 3.05) is 7.11 Å². The number of hydrogen-bond acceptors (Lipinski definition) is 3. The van der Waals surface area contributed by atoms with Gasteiger partial charge < -0.3 is 4.74 Å². The van der Waals surface area contributed by atoms with Crippen LogP contribution in [-0.4, -0.2) is 12.9 Å². The summed E-state index contributed by atoms with van der Waals surface area (Å²) in [6.07, 6.45) is 3.27. The van der Waals surface area contributed by atoms with Gasteiger partial charge in [-0.3, -0.25) is 4.79 Å². The van der Waals surface area contributed by atoms with Crippen molar-refractivity contribution in [3.63, 3.8) is 0 Å². The highest BCUT2D eigenvalue weighted by Crippen LogP contribution is 2.34. The average molecular weight is 355 g/mol. The van der Waals surface area contributed by atoms with Crippen molar-refractivity contribution in [2.45, 2.75) is 19.3 Å². The SMILES string of the molecule is COc1cc(F)c(Br)cc1C(=O)c1cc2c(s1)CCC2. The molecule has 0 aliphatic heterocycles. The summed E-state index contributed by atoms with van der Waals surface area (Å²) in [5.74, 6) is -0.279. The molecular formula is C15H12BrFO2S. The molecular weight excluding hydrogens is 343 g/mol. The van der Waals surface area contributed by atoms with Crippen molar-refractivity contribution in [3.8, 4) is 5.75 Å². The summed E-state index contributed by atoms with van der Waals surface area (Å²) in [4.78, 5) is 14.6. The molecule has 1 aromatic heterocycles. The minimum absolute atomic E-state index is 0.109. The first-order valence-corrected chi connectivity index (χ1v) is 7.90. The van der Waals surface area contributed by atoms with Crippen LogP contribution in [0.15, 0.2) is 22.7 Å². The number of carbonyl (C=O) groups is 1. The van der Waals surface area contributed by atoms with Crippen molar-refractivity contribution in [3.05, 3.63) is 49.4 Å². The zero-order valence-corrected chi connectivity index (χ0v) is 13.2. The predicted octanol–water partition coefficient (Wildman–Crippen LogP) is 4.38. The summed E-state index contributed by atoms with van der Waals surface area (Å²) in [6, 6.07) is 4.69. The Morgan fingerprint density at radius 3 is 2.85 bits per heavy atom. The molecule has 0 atom stereocenters. The van der Waals surface area contributed by atoms with Crippen LogP contribution >= 0.6 is 27.3 Å². The minimum atomic E-state index is -0.438. The molecule has 0 N–H and O–H groups in total. The van der Waals surface area contributed by atoms with Crippen LogP contribution in [0.3, 0.4) is 0 Å². The van der Waals surface area contributed by atoms with E-state index in [1.54, 1.807) is 11.3 Å². The molecule has 0 saturated heterocycles. The van der Waals surface area contributed by atoms with E-state index in [-0.39, 0.29) is 16.0 Å². The number of ether oxygens (including phenoxy) is 1. The third-order valence-electron chi connectivity index (χ3n) is 3.46. The molecule has 2 aromatic rings. The number of benzene rings is 1. The van der Waals surface area contributed by atoms with Gasteiger partial charge in [-0.2, -0.15) is 0 Å². The van der Waals surface area contributed by atoms with Gasteiger partial charge in [0.05, 0.1) is 22.0 Å². The molecule has 1 aliphatic rings. The van der Waals surface area contributed by atoms with Crippen LogP contribution in [0.4, 0.5) is 4.39 Å². The van der Waals surface area contributed by atoms with Crippen LogP contribution in [-0.2, 0) is 12.8 Å². The second kappa shape index (κ2) is 5.30. The number of ketones is 1. The highest BCUT2D eigenvalue weighted by molar-refractivity contribution is 9.10. The van der Waals surface area contributed by atoms with Gasteiger partial charge in [-0.05, 0) is 52.9 Å². The second-order valence-corrected chi connectivity index (χ2v) is 6.70. The number of rotatable bonds is 3. The number of carbonyl (C=O) groups excluding carboxylic acids is 1. The van der Waals surface area contributed by atoms with Gasteiger partial charge in [0.1, 0.15) is 11.6 Å². The van der Waals surface area contributed by atoms with E-state index in [2.05, 4.69) is 15.9 Å². The van der Waals surface area contributed by atoms with Crippen molar-refractivity contribution in [2.24, 2.45) is 0 Å². The monoisotopic (exact) mass is 354 g/mol. The van der Waals surface area contributed by atoms with Gasteiger partial charge in [0.15, 0.2) is 0 Å². The summed E-state index contributed by atoms with van der Waals surface area (Å²) < 4.78 is 18.9. The van der Waals surface area contributed by atoms with Crippen molar-refractivity contribution in [1.82, 2.24) is 0 Å². The van der Waals surface area contributed by atoms with Crippen LogP contribution in [0, 0.1) is 5.82 Å². The summed E-state index contributed by atoms with van der Waals surface area (Å²) in [6.45, 7) is 0. The molecule has 0 saturated carbocycles. The van der Waals surface area contributed by atoms with Gasteiger partial charge in [0, 0.05) is 10.9 Å². The lowest BCUT2D eigenvalue weighted by molar-refractivity contribution is 0.103. The smallest absolute Gasteiger partial charge is 0.206 e. The Kier molecular flexibility index (Phi) is 3.65. The molecule has 3 rings (SSSR count). The highest BCUT2D eigenvalue weighted by Gasteiger charge is 2.22. The number of fused-ring (bicyclic) bond motifs is 1. The molecule has 0 bridgehead atoms. The standard InChI is InChI=1S/C15H12BrFO2S/c1-19-12-7-11(17)10(16)6-9(12)15(18)14-5-8-3-2-4-13(8)20-14/h5-7H,2-4H2,1H3. The molecule has 2 nitrogen and oxygen atoms in total. The largest absolute Gasteiger partial charge is 0.496 e. The maximum Gasteiger partial charge on any atom is 0.206 e. The van der Waals surface area contributed by atoms with E-state index in [4.69, 9.17) is 4.74 Å². The Bertz CT molecular complexity index is 672. The number of aryl methyl sites for hydroxylation is 2. The minimum Gasteiger partial charge on any atom is -0.496 e. The first-order chi connectivity index (χ1) is 9.60. The third kappa shape index (κ3) is 2.29. The zero-order chi connectivity index (χ0) is 14.3. The molecule has 0 unspecified atom stereocenters. The maximum atomic E-state index is 13.5. The first-order valence-electron chi connectivity index (χ1n) is 6.29. The zero-order valence-electron chi connectivity index (χ0n) is 10.8. The molecule has 104 valence electrons. The molecule has 0 amide bonds. The molecule has 20 heavy (non-hydrogen) atoms. The summed E-state index contributed by atoms with van der Waals surface area (Å²) in [5.41, 5.74) is 1.67. The van der Waals surface area contributed by atoms with Gasteiger partial charge in [-0.25, -0.2) is 4.39 Å². The third-order valence-corrected chi connectivity index (χ3v) is 5.30. The van der Waals surface area contributed by atoms with E-state index in [1.807, 2.05) is 6.07 Å². The first kappa shape index (κ1) is 13.8. The fourth-order valence-corrected chi connectivity index (χ4v) is 4.00. The van der Waals surface area contributed by atoms with E-state index in [1.165, 1.54) is 36.1 Å². The van der Waals surface area contributed by atoms with Crippen LogP contribution in [0.1, 0.15) is 32.1 Å². The Morgan fingerprint density at radius 2 is 2.15 bits per heavy atom. The normalized spacial score (nSPS) is 13.3. The Labute approximate surface area is 128 Å². The molecule has 1 aliphatic carbocycles.